The lowest BCUT2D eigenvalue weighted by Crippen LogP contribution is -2.27. The third-order valence-electron chi connectivity index (χ3n) is 3.64. The molecule has 3 aliphatic rings. The monoisotopic (exact) mass is 422 g/mol. The summed E-state index contributed by atoms with van der Waals surface area (Å²) in [5.41, 5.74) is 0. The second kappa shape index (κ2) is 8.77. The van der Waals surface area contributed by atoms with Crippen LogP contribution in [-0.4, -0.2) is 60.3 Å². The van der Waals surface area contributed by atoms with Gasteiger partial charge in [-0.1, -0.05) is 10.8 Å². The zero-order chi connectivity index (χ0) is 13.8. The van der Waals surface area contributed by atoms with Gasteiger partial charge >= 0.3 is 0 Å². The highest BCUT2D eigenvalue weighted by Gasteiger charge is 2.42. The Labute approximate surface area is 153 Å². The summed E-state index contributed by atoms with van der Waals surface area (Å²) < 4.78 is 0.985. The van der Waals surface area contributed by atoms with Crippen LogP contribution in [0.15, 0.2) is 0 Å². The van der Waals surface area contributed by atoms with E-state index in [0.29, 0.717) is 0 Å². The van der Waals surface area contributed by atoms with Gasteiger partial charge in [-0.05, 0) is 18.4 Å². The SMILES string of the molecule is CSS1(SCSC2CSC2)CCC1SCSC1CSC1. The Kier molecular flexibility index (Phi) is 7.72. The van der Waals surface area contributed by atoms with Gasteiger partial charge in [-0.2, -0.15) is 23.5 Å². The predicted molar refractivity (Wildman–Crippen MR) is 117 cm³/mol. The minimum Gasteiger partial charge on any atom is -0.160 e. The van der Waals surface area contributed by atoms with E-state index in [1.807, 2.05) is 0 Å². The van der Waals surface area contributed by atoms with Crippen LogP contribution in [0.25, 0.3) is 0 Å². The maximum absolute atomic E-state index is 2.37. The van der Waals surface area contributed by atoms with Crippen molar-refractivity contribution >= 4 is 88.5 Å². The second-order valence-corrected chi connectivity index (χ2v) is 20.9. The number of hydrogen-bond donors (Lipinski definition) is 0. The Morgan fingerprint density at radius 3 is 2.05 bits per heavy atom. The molecule has 3 heterocycles. The highest BCUT2D eigenvalue weighted by Crippen LogP contribution is 2.81. The third kappa shape index (κ3) is 4.45. The van der Waals surface area contributed by atoms with Crippen molar-refractivity contribution in [3.8, 4) is 0 Å². The van der Waals surface area contributed by atoms with Crippen molar-refractivity contribution in [3.05, 3.63) is 0 Å². The van der Waals surface area contributed by atoms with Gasteiger partial charge in [0.25, 0.3) is 0 Å². The van der Waals surface area contributed by atoms with Crippen molar-refractivity contribution in [2.45, 2.75) is 21.5 Å². The molecule has 3 saturated heterocycles. The van der Waals surface area contributed by atoms with Crippen LogP contribution in [0.5, 0.6) is 0 Å². The zero-order valence-electron chi connectivity index (χ0n) is 11.7. The van der Waals surface area contributed by atoms with Crippen LogP contribution >= 0.6 is 88.5 Å². The third-order valence-corrected chi connectivity index (χ3v) is 24.4. The van der Waals surface area contributed by atoms with Gasteiger partial charge in [-0.3, -0.25) is 0 Å². The molecule has 3 aliphatic heterocycles. The quantitative estimate of drug-likeness (QED) is 0.336. The first-order valence-corrected chi connectivity index (χ1v) is 17.4. The molecule has 3 rings (SSSR count). The van der Waals surface area contributed by atoms with Gasteiger partial charge in [0.2, 0.25) is 0 Å². The van der Waals surface area contributed by atoms with Crippen LogP contribution in [0.1, 0.15) is 6.42 Å². The summed E-state index contributed by atoms with van der Waals surface area (Å²) in [6, 6.07) is 0. The van der Waals surface area contributed by atoms with Crippen molar-refractivity contribution in [1.82, 2.24) is 0 Å². The standard InChI is InChI=1S/C12H22S8/c1-13-20(19-9-17-11-6-15-7-11)3-2-12(20)18-8-16-10-4-14-5-10/h10-12H,2-9H2,1H3. The van der Waals surface area contributed by atoms with Gasteiger partial charge in [-0.15, -0.1) is 54.2 Å². The molecule has 0 radical (unpaired) electrons. The first kappa shape index (κ1) is 17.6. The van der Waals surface area contributed by atoms with E-state index in [0.717, 1.165) is 15.1 Å². The molecule has 0 aromatic rings. The van der Waals surface area contributed by atoms with Gasteiger partial charge < -0.3 is 0 Å². The molecule has 20 heavy (non-hydrogen) atoms. The summed E-state index contributed by atoms with van der Waals surface area (Å²) in [6.07, 6.45) is 3.85. The highest BCUT2D eigenvalue weighted by atomic mass is 33.6. The molecule has 0 spiro atoms. The van der Waals surface area contributed by atoms with E-state index in [1.165, 1.54) is 45.4 Å². The summed E-state index contributed by atoms with van der Waals surface area (Å²) in [5, 5.41) is 4.65. The Bertz CT molecular complexity index is 302. The molecule has 0 nitrogen and oxygen atoms in total. The lowest BCUT2D eigenvalue weighted by molar-refractivity contribution is 1.00. The molecular weight excluding hydrogens is 401 g/mol. The van der Waals surface area contributed by atoms with Gasteiger partial charge in [0, 0.05) is 43.7 Å². The molecule has 3 fully saturated rings. The number of rotatable bonds is 9. The molecule has 2 unspecified atom stereocenters. The average molecular weight is 423 g/mol. The van der Waals surface area contributed by atoms with Crippen molar-refractivity contribution < 1.29 is 0 Å². The van der Waals surface area contributed by atoms with E-state index in [2.05, 4.69) is 86.7 Å². The molecule has 0 amide bonds. The van der Waals surface area contributed by atoms with Crippen LogP contribution in [0.4, 0.5) is 0 Å². The van der Waals surface area contributed by atoms with Gasteiger partial charge in [0.05, 0.1) is 4.58 Å². The lowest BCUT2D eigenvalue weighted by atomic mass is 10.5. The zero-order valence-corrected chi connectivity index (χ0v) is 18.2. The molecule has 0 saturated carbocycles. The fraction of sp³-hybridized carbons (Fsp3) is 1.00. The largest absolute Gasteiger partial charge is 0.160 e. The first-order chi connectivity index (χ1) is 9.82. The normalized spacial score (nSPS) is 37.5. The lowest BCUT2D eigenvalue weighted by Gasteiger charge is -2.52. The minimum absolute atomic E-state index is 0.391. The van der Waals surface area contributed by atoms with E-state index in [9.17, 15) is 0 Å². The molecular formula is C12H22S8. The molecule has 0 aromatic carbocycles. The Morgan fingerprint density at radius 1 is 0.950 bits per heavy atom. The maximum Gasteiger partial charge on any atom is 0.0532 e. The van der Waals surface area contributed by atoms with Gasteiger partial charge in [0.15, 0.2) is 0 Å². The van der Waals surface area contributed by atoms with E-state index in [-0.39, 0.29) is 0 Å². The van der Waals surface area contributed by atoms with Crippen molar-refractivity contribution in [2.75, 3.05) is 45.2 Å². The topological polar surface area (TPSA) is 0 Å². The average Bonchev–Trinajstić information content (AvgIpc) is 2.33. The van der Waals surface area contributed by atoms with Crippen LogP contribution in [-0.2, 0) is 0 Å². The molecule has 0 bridgehead atoms. The van der Waals surface area contributed by atoms with Crippen molar-refractivity contribution in [3.63, 3.8) is 0 Å². The van der Waals surface area contributed by atoms with Crippen LogP contribution in [0, 0.1) is 0 Å². The van der Waals surface area contributed by atoms with Gasteiger partial charge in [0.1, 0.15) is 0 Å². The molecule has 2 atom stereocenters. The Hall–Kier alpha value is 2.80. The predicted octanol–water partition coefficient (Wildman–Crippen LogP) is 5.79. The van der Waals surface area contributed by atoms with Crippen molar-refractivity contribution in [2.24, 2.45) is 0 Å². The highest BCUT2D eigenvalue weighted by molar-refractivity contribution is 9.26. The fourth-order valence-corrected chi connectivity index (χ4v) is 22.0. The van der Waals surface area contributed by atoms with E-state index in [1.54, 1.807) is 0 Å². The number of hydrogen-bond acceptors (Lipinski definition) is 7. The van der Waals surface area contributed by atoms with E-state index >= 15 is 0 Å². The number of thioether (sulfide) groups is 5. The van der Waals surface area contributed by atoms with Crippen LogP contribution in [0.3, 0.4) is 0 Å². The minimum atomic E-state index is -0.391. The maximum atomic E-state index is 2.37. The molecule has 0 aliphatic carbocycles. The van der Waals surface area contributed by atoms with E-state index in [4.69, 9.17) is 0 Å². The molecule has 118 valence electrons. The Morgan fingerprint density at radius 2 is 1.60 bits per heavy atom. The molecule has 8 heteroatoms. The van der Waals surface area contributed by atoms with Crippen molar-refractivity contribution in [1.29, 1.82) is 0 Å². The first-order valence-electron chi connectivity index (χ1n) is 6.82. The van der Waals surface area contributed by atoms with Gasteiger partial charge in [-0.25, -0.2) is 0 Å². The van der Waals surface area contributed by atoms with Crippen LogP contribution < -0.4 is 0 Å². The second-order valence-electron chi connectivity index (χ2n) is 4.92. The summed E-state index contributed by atoms with van der Waals surface area (Å²) >= 11 is 11.0. The summed E-state index contributed by atoms with van der Waals surface area (Å²) in [4.78, 5) is 0. The summed E-state index contributed by atoms with van der Waals surface area (Å²) in [6.45, 7) is 0. The van der Waals surface area contributed by atoms with Crippen LogP contribution in [0.2, 0.25) is 0 Å². The molecule has 0 aromatic heterocycles. The summed E-state index contributed by atoms with van der Waals surface area (Å²) in [7, 11) is 4.17. The smallest absolute Gasteiger partial charge is 0.0532 e. The summed E-state index contributed by atoms with van der Waals surface area (Å²) in [5.74, 6) is 7.13. The fourth-order valence-electron chi connectivity index (χ4n) is 2.00. The van der Waals surface area contributed by atoms with E-state index < -0.39 is 8.09 Å². The molecule has 0 N–H and O–H groups in total. The Balaban J connectivity index is 1.35.